The van der Waals surface area contributed by atoms with E-state index >= 15 is 0 Å². The highest BCUT2D eigenvalue weighted by molar-refractivity contribution is 7.86. The van der Waals surface area contributed by atoms with Crippen molar-refractivity contribution in [2.45, 2.75) is 24.7 Å². The monoisotopic (exact) mass is 456 g/mol. The Hall–Kier alpha value is -1.31. The van der Waals surface area contributed by atoms with Gasteiger partial charge in [0.25, 0.3) is 10.1 Å². The Kier molecular flexibility index (Phi) is 7.82. The van der Waals surface area contributed by atoms with E-state index < -0.39 is 10.1 Å². The molecule has 0 unspecified atom stereocenters. The van der Waals surface area contributed by atoms with Gasteiger partial charge in [0.1, 0.15) is 0 Å². The van der Waals surface area contributed by atoms with E-state index in [4.69, 9.17) is 27.4 Å². The van der Waals surface area contributed by atoms with Crippen LogP contribution in [0.4, 0.5) is 5.69 Å². The highest BCUT2D eigenvalue weighted by atomic mass is 35.5. The summed E-state index contributed by atoms with van der Waals surface area (Å²) in [6.07, 6.45) is 1.59. The summed E-state index contributed by atoms with van der Waals surface area (Å²) in [5, 5.41) is 1.18. The van der Waals surface area contributed by atoms with Crippen LogP contribution in [-0.4, -0.2) is 52.6 Å². The SMILES string of the molecule is Cc1ccccc1S(=O)(=O)OCCCCN1CCN(c2cccc(Cl)c2Cl)CC1. The Morgan fingerprint density at radius 1 is 0.966 bits per heavy atom. The summed E-state index contributed by atoms with van der Waals surface area (Å²) < 4.78 is 29.8. The zero-order valence-corrected chi connectivity index (χ0v) is 18.8. The fourth-order valence-electron chi connectivity index (χ4n) is 3.46. The number of benzene rings is 2. The summed E-state index contributed by atoms with van der Waals surface area (Å²) in [4.78, 5) is 4.88. The lowest BCUT2D eigenvalue weighted by atomic mass is 10.2. The van der Waals surface area contributed by atoms with Gasteiger partial charge in [0.15, 0.2) is 0 Å². The van der Waals surface area contributed by atoms with Gasteiger partial charge in [-0.15, -0.1) is 0 Å². The van der Waals surface area contributed by atoms with Crippen LogP contribution in [0.5, 0.6) is 0 Å². The molecule has 0 atom stereocenters. The van der Waals surface area contributed by atoms with Crippen molar-refractivity contribution < 1.29 is 12.6 Å². The third-order valence-electron chi connectivity index (χ3n) is 5.11. The predicted molar refractivity (Wildman–Crippen MR) is 119 cm³/mol. The van der Waals surface area contributed by atoms with Gasteiger partial charge in [-0.1, -0.05) is 47.5 Å². The van der Waals surface area contributed by atoms with E-state index in [2.05, 4.69) is 9.80 Å². The standard InChI is InChI=1S/C21H26Cl2N2O3S/c1-17-7-2-3-10-20(17)29(26,27)28-16-5-4-11-24-12-14-25(15-13-24)19-9-6-8-18(22)21(19)23/h2-3,6-10H,4-5,11-16H2,1H3. The Morgan fingerprint density at radius 2 is 1.69 bits per heavy atom. The molecule has 1 saturated heterocycles. The lowest BCUT2D eigenvalue weighted by Gasteiger charge is -2.36. The van der Waals surface area contributed by atoms with Crippen molar-refractivity contribution in [1.82, 2.24) is 4.90 Å². The zero-order valence-electron chi connectivity index (χ0n) is 16.5. The summed E-state index contributed by atoms with van der Waals surface area (Å²) in [6, 6.07) is 12.6. The molecule has 29 heavy (non-hydrogen) atoms. The topological polar surface area (TPSA) is 49.9 Å². The number of anilines is 1. The van der Waals surface area contributed by atoms with Crippen molar-refractivity contribution >= 4 is 39.0 Å². The van der Waals surface area contributed by atoms with Crippen molar-refractivity contribution in [3.8, 4) is 0 Å². The maximum atomic E-state index is 12.3. The summed E-state index contributed by atoms with van der Waals surface area (Å²) in [7, 11) is -3.69. The molecule has 3 rings (SSSR count). The largest absolute Gasteiger partial charge is 0.368 e. The molecule has 0 spiro atoms. The van der Waals surface area contributed by atoms with Crippen molar-refractivity contribution in [3.63, 3.8) is 0 Å². The molecule has 1 fully saturated rings. The quantitative estimate of drug-likeness (QED) is 0.428. The number of nitrogens with zero attached hydrogens (tertiary/aromatic N) is 2. The molecule has 1 heterocycles. The minimum absolute atomic E-state index is 0.203. The lowest BCUT2D eigenvalue weighted by Crippen LogP contribution is -2.46. The highest BCUT2D eigenvalue weighted by Crippen LogP contribution is 2.32. The second-order valence-corrected chi connectivity index (χ2v) is 9.52. The van der Waals surface area contributed by atoms with E-state index in [1.807, 2.05) is 18.2 Å². The summed E-state index contributed by atoms with van der Waals surface area (Å²) in [6.45, 7) is 6.54. The van der Waals surface area contributed by atoms with Crippen molar-refractivity contribution in [1.29, 1.82) is 0 Å². The highest BCUT2D eigenvalue weighted by Gasteiger charge is 2.20. The van der Waals surface area contributed by atoms with Gasteiger partial charge in [0, 0.05) is 26.2 Å². The second kappa shape index (κ2) is 10.1. The maximum Gasteiger partial charge on any atom is 0.297 e. The van der Waals surface area contributed by atoms with Gasteiger partial charge in [-0.05, 0) is 50.1 Å². The summed E-state index contributed by atoms with van der Waals surface area (Å²) in [5.41, 5.74) is 1.68. The number of unbranched alkanes of at least 4 members (excludes halogenated alkanes) is 1. The summed E-state index contributed by atoms with van der Waals surface area (Å²) in [5.74, 6) is 0. The van der Waals surface area contributed by atoms with Gasteiger partial charge in [-0.25, -0.2) is 0 Å². The molecule has 0 bridgehead atoms. The van der Waals surface area contributed by atoms with E-state index in [0.717, 1.165) is 44.8 Å². The number of piperazine rings is 1. The Balaban J connectivity index is 1.38. The second-order valence-electron chi connectivity index (χ2n) is 7.15. The average molecular weight is 457 g/mol. The number of rotatable bonds is 8. The van der Waals surface area contributed by atoms with Gasteiger partial charge in [-0.3, -0.25) is 9.08 Å². The molecule has 0 aliphatic carbocycles. The first-order chi connectivity index (χ1) is 13.9. The number of hydrogen-bond donors (Lipinski definition) is 0. The first-order valence-corrected chi connectivity index (χ1v) is 11.9. The number of hydrogen-bond acceptors (Lipinski definition) is 5. The molecule has 0 amide bonds. The van der Waals surface area contributed by atoms with E-state index in [0.29, 0.717) is 22.0 Å². The van der Waals surface area contributed by atoms with Gasteiger partial charge in [0.2, 0.25) is 0 Å². The normalized spacial score (nSPS) is 15.6. The van der Waals surface area contributed by atoms with Crippen LogP contribution in [0.3, 0.4) is 0 Å². The van der Waals surface area contributed by atoms with Gasteiger partial charge < -0.3 is 4.90 Å². The Bertz CT molecular complexity index is 929. The Labute approximate surface area is 183 Å². The molecule has 0 aromatic heterocycles. The van der Waals surface area contributed by atoms with Gasteiger partial charge in [-0.2, -0.15) is 8.42 Å². The van der Waals surface area contributed by atoms with Gasteiger partial charge >= 0.3 is 0 Å². The molecule has 8 heteroatoms. The molecule has 5 nitrogen and oxygen atoms in total. The molecule has 2 aromatic carbocycles. The summed E-state index contributed by atoms with van der Waals surface area (Å²) >= 11 is 12.4. The third-order valence-corrected chi connectivity index (χ3v) is 7.40. The first-order valence-electron chi connectivity index (χ1n) is 9.75. The van der Waals surface area contributed by atoms with Crippen molar-refractivity contribution in [2.75, 3.05) is 44.2 Å². The molecule has 158 valence electrons. The fraction of sp³-hybridized carbons (Fsp3) is 0.429. The van der Waals surface area contributed by atoms with Crippen molar-refractivity contribution in [2.24, 2.45) is 0 Å². The molecule has 1 aliphatic rings. The molecule has 0 saturated carbocycles. The third kappa shape index (κ3) is 5.86. The number of halogens is 2. The maximum absolute atomic E-state index is 12.3. The van der Waals surface area contributed by atoms with Gasteiger partial charge in [0.05, 0.1) is 27.2 Å². The smallest absolute Gasteiger partial charge is 0.297 e. The zero-order chi connectivity index (χ0) is 20.9. The lowest BCUT2D eigenvalue weighted by molar-refractivity contribution is 0.240. The van der Waals surface area contributed by atoms with Crippen LogP contribution in [0, 0.1) is 6.92 Å². The molecular weight excluding hydrogens is 431 g/mol. The van der Waals surface area contributed by atoms with Crippen molar-refractivity contribution in [3.05, 3.63) is 58.1 Å². The van der Waals surface area contributed by atoms with Crippen LogP contribution in [0.15, 0.2) is 47.4 Å². The average Bonchev–Trinajstić information content (AvgIpc) is 2.70. The molecule has 0 N–H and O–H groups in total. The van der Waals surface area contributed by atoms with Crippen LogP contribution in [0.25, 0.3) is 0 Å². The fourth-order valence-corrected chi connectivity index (χ4v) is 5.04. The minimum atomic E-state index is -3.69. The van der Waals surface area contributed by atoms with E-state index in [-0.39, 0.29) is 11.5 Å². The van der Waals surface area contributed by atoms with Crippen LogP contribution in [0.1, 0.15) is 18.4 Å². The first kappa shape index (κ1) is 22.4. The van der Waals surface area contributed by atoms with E-state index in [9.17, 15) is 8.42 Å². The molecule has 1 aliphatic heterocycles. The molecule has 2 aromatic rings. The minimum Gasteiger partial charge on any atom is -0.368 e. The van der Waals surface area contributed by atoms with E-state index in [1.54, 1.807) is 31.2 Å². The Morgan fingerprint density at radius 3 is 2.41 bits per heavy atom. The number of aryl methyl sites for hydroxylation is 1. The molecular formula is C21H26Cl2N2O3S. The van der Waals surface area contributed by atoms with E-state index in [1.165, 1.54) is 0 Å². The predicted octanol–water partition coefficient (Wildman–Crippen LogP) is 4.61. The molecule has 0 radical (unpaired) electrons. The van der Waals surface area contributed by atoms with Crippen LogP contribution in [-0.2, 0) is 14.3 Å². The van der Waals surface area contributed by atoms with Crippen LogP contribution >= 0.6 is 23.2 Å². The van der Waals surface area contributed by atoms with Crippen LogP contribution in [0.2, 0.25) is 10.0 Å². The van der Waals surface area contributed by atoms with Crippen LogP contribution < -0.4 is 4.90 Å².